The number of fused-ring (bicyclic) bond motifs is 1. The highest BCUT2D eigenvalue weighted by molar-refractivity contribution is 7.17. The topological polar surface area (TPSA) is 93.1 Å². The Hall–Kier alpha value is -3.85. The summed E-state index contributed by atoms with van der Waals surface area (Å²) in [4.78, 5) is 41.9. The average molecular weight is 422 g/mol. The number of hydrogen-bond acceptors (Lipinski definition) is 5. The number of nitrogens with one attached hydrogen (secondary N) is 2. The molecule has 0 aliphatic heterocycles. The Bertz CT molecular complexity index is 1300. The van der Waals surface area contributed by atoms with Gasteiger partial charge in [0.15, 0.2) is 0 Å². The van der Waals surface area contributed by atoms with Crippen molar-refractivity contribution in [3.05, 3.63) is 87.9 Å². The summed E-state index contributed by atoms with van der Waals surface area (Å²) in [6.07, 6.45) is 1.15. The van der Waals surface area contributed by atoms with Crippen LogP contribution in [-0.4, -0.2) is 21.4 Å². The van der Waals surface area contributed by atoms with Crippen molar-refractivity contribution in [2.45, 2.75) is 6.54 Å². The van der Waals surface area contributed by atoms with E-state index in [4.69, 9.17) is 0 Å². The lowest BCUT2D eigenvalue weighted by molar-refractivity contribution is -0.122. The summed E-state index contributed by atoms with van der Waals surface area (Å²) < 4.78 is 14.3. The number of nitrogens with zero attached hydrogens (tertiary/aromatic N) is 2. The van der Waals surface area contributed by atoms with E-state index in [0.717, 1.165) is 16.6 Å². The van der Waals surface area contributed by atoms with E-state index in [-0.39, 0.29) is 12.4 Å². The molecule has 0 saturated heterocycles. The van der Waals surface area contributed by atoms with Crippen molar-refractivity contribution in [2.24, 2.45) is 0 Å². The number of hydrazine groups is 1. The van der Waals surface area contributed by atoms with Gasteiger partial charge in [0.05, 0.1) is 22.1 Å². The largest absolute Gasteiger partial charge is 0.296 e. The van der Waals surface area contributed by atoms with Gasteiger partial charge in [-0.2, -0.15) is 0 Å². The van der Waals surface area contributed by atoms with E-state index < -0.39 is 17.4 Å². The van der Waals surface area contributed by atoms with Crippen molar-refractivity contribution in [1.29, 1.82) is 0 Å². The van der Waals surface area contributed by atoms with Gasteiger partial charge in [-0.25, -0.2) is 9.37 Å². The number of carbonyl (C=O) groups is 2. The molecule has 2 aromatic carbocycles. The second-order valence-corrected chi connectivity index (χ2v) is 7.43. The quantitative estimate of drug-likeness (QED) is 0.495. The molecule has 0 spiro atoms. The third kappa shape index (κ3) is 4.11. The summed E-state index contributed by atoms with van der Waals surface area (Å²) in [5, 5.41) is 0. The normalized spacial score (nSPS) is 10.7. The van der Waals surface area contributed by atoms with Crippen molar-refractivity contribution in [1.82, 2.24) is 20.4 Å². The first-order valence-electron chi connectivity index (χ1n) is 8.91. The van der Waals surface area contributed by atoms with Crippen LogP contribution in [0, 0.1) is 5.82 Å². The van der Waals surface area contributed by atoms with Crippen LogP contribution in [0.15, 0.2) is 71.7 Å². The monoisotopic (exact) mass is 422 g/mol. The van der Waals surface area contributed by atoms with Crippen molar-refractivity contribution < 1.29 is 14.0 Å². The zero-order chi connectivity index (χ0) is 21.1. The Morgan fingerprint density at radius 1 is 1.00 bits per heavy atom. The standard InChI is InChI=1S/C21H15FN4O3S/c22-14-7-5-13(6-8-14)17-9-10-18(30-17)21(29)25-24-19(27)12-26-16-4-2-1-3-15(16)23-11-20(26)28/h1-11H,12H2,(H,24,27)(H,25,29). The lowest BCUT2D eigenvalue weighted by atomic mass is 10.2. The second kappa shape index (κ2) is 8.26. The maximum atomic E-state index is 13.1. The smallest absolute Gasteiger partial charge is 0.279 e. The van der Waals surface area contributed by atoms with Crippen LogP contribution in [0.5, 0.6) is 0 Å². The zero-order valence-corrected chi connectivity index (χ0v) is 16.3. The van der Waals surface area contributed by atoms with Crippen LogP contribution in [0.4, 0.5) is 4.39 Å². The molecule has 2 amide bonds. The van der Waals surface area contributed by atoms with Gasteiger partial charge in [0.2, 0.25) is 0 Å². The van der Waals surface area contributed by atoms with Crippen molar-refractivity contribution in [2.75, 3.05) is 0 Å². The van der Waals surface area contributed by atoms with Crippen molar-refractivity contribution >= 4 is 34.2 Å². The van der Waals surface area contributed by atoms with E-state index in [9.17, 15) is 18.8 Å². The fourth-order valence-electron chi connectivity index (χ4n) is 2.88. The van der Waals surface area contributed by atoms with E-state index in [1.165, 1.54) is 28.0 Å². The molecule has 2 heterocycles. The van der Waals surface area contributed by atoms with Gasteiger partial charge in [-0.1, -0.05) is 24.3 Å². The minimum absolute atomic E-state index is 0.270. The molecule has 2 N–H and O–H groups in total. The van der Waals surface area contributed by atoms with Crippen LogP contribution in [0.25, 0.3) is 21.5 Å². The molecule has 0 saturated carbocycles. The van der Waals surface area contributed by atoms with Gasteiger partial charge in [-0.3, -0.25) is 29.8 Å². The number of benzene rings is 2. The number of aromatic nitrogens is 2. The van der Waals surface area contributed by atoms with Crippen LogP contribution < -0.4 is 16.4 Å². The highest BCUT2D eigenvalue weighted by Crippen LogP contribution is 2.28. The number of thiophene rings is 1. The van der Waals surface area contributed by atoms with Crippen LogP contribution in [0.3, 0.4) is 0 Å². The first kappa shape index (κ1) is 19.5. The molecule has 30 heavy (non-hydrogen) atoms. The summed E-state index contributed by atoms with van der Waals surface area (Å²) in [7, 11) is 0. The van der Waals surface area contributed by atoms with Crippen LogP contribution in [0.2, 0.25) is 0 Å². The number of amides is 2. The fourth-order valence-corrected chi connectivity index (χ4v) is 3.79. The van der Waals surface area contributed by atoms with Gasteiger partial charge in [0.1, 0.15) is 12.4 Å². The first-order chi connectivity index (χ1) is 14.5. The van der Waals surface area contributed by atoms with Crippen molar-refractivity contribution in [3.63, 3.8) is 0 Å². The number of halogens is 1. The van der Waals surface area contributed by atoms with Gasteiger partial charge in [-0.05, 0) is 42.0 Å². The van der Waals surface area contributed by atoms with E-state index in [0.29, 0.717) is 15.9 Å². The maximum Gasteiger partial charge on any atom is 0.279 e. The third-order valence-electron chi connectivity index (χ3n) is 4.33. The van der Waals surface area contributed by atoms with E-state index >= 15 is 0 Å². The Morgan fingerprint density at radius 2 is 1.77 bits per heavy atom. The molecule has 150 valence electrons. The molecule has 4 rings (SSSR count). The fraction of sp³-hybridized carbons (Fsp3) is 0.0476. The number of hydrogen-bond donors (Lipinski definition) is 2. The number of rotatable bonds is 4. The van der Waals surface area contributed by atoms with E-state index in [1.807, 2.05) is 0 Å². The number of para-hydroxylation sites is 2. The predicted molar refractivity (Wildman–Crippen MR) is 111 cm³/mol. The molecule has 9 heteroatoms. The van der Waals surface area contributed by atoms with Gasteiger partial charge in [0, 0.05) is 4.88 Å². The Labute approximate surface area is 173 Å². The highest BCUT2D eigenvalue weighted by atomic mass is 32.1. The first-order valence-corrected chi connectivity index (χ1v) is 9.72. The molecule has 0 radical (unpaired) electrons. The predicted octanol–water partition coefficient (Wildman–Crippen LogP) is 2.73. The minimum Gasteiger partial charge on any atom is -0.296 e. The lowest BCUT2D eigenvalue weighted by Crippen LogP contribution is -2.44. The lowest BCUT2D eigenvalue weighted by Gasteiger charge is -2.10. The van der Waals surface area contributed by atoms with E-state index in [1.54, 1.807) is 48.5 Å². The Morgan fingerprint density at radius 3 is 2.57 bits per heavy atom. The molecule has 0 unspecified atom stereocenters. The average Bonchev–Trinajstić information content (AvgIpc) is 3.25. The summed E-state index contributed by atoms with van der Waals surface area (Å²) in [5.74, 6) is -1.39. The number of carbonyl (C=O) groups excluding carboxylic acids is 2. The van der Waals surface area contributed by atoms with E-state index in [2.05, 4.69) is 15.8 Å². The second-order valence-electron chi connectivity index (χ2n) is 6.34. The molecular weight excluding hydrogens is 407 g/mol. The summed E-state index contributed by atoms with van der Waals surface area (Å²) in [6.45, 7) is -0.270. The third-order valence-corrected chi connectivity index (χ3v) is 5.46. The van der Waals surface area contributed by atoms with Crippen molar-refractivity contribution in [3.8, 4) is 10.4 Å². The molecule has 0 aliphatic carbocycles. The Kier molecular flexibility index (Phi) is 5.36. The minimum atomic E-state index is -0.558. The molecule has 0 bridgehead atoms. The maximum absolute atomic E-state index is 13.1. The molecule has 0 fully saturated rings. The molecule has 0 atom stereocenters. The highest BCUT2D eigenvalue weighted by Gasteiger charge is 2.13. The molecule has 0 aliphatic rings. The van der Waals surface area contributed by atoms with Crippen LogP contribution in [0.1, 0.15) is 9.67 Å². The van der Waals surface area contributed by atoms with Gasteiger partial charge in [-0.15, -0.1) is 11.3 Å². The summed E-state index contributed by atoms with van der Waals surface area (Å²) in [6, 6.07) is 16.3. The summed E-state index contributed by atoms with van der Waals surface area (Å²) in [5.41, 5.74) is 6.13. The van der Waals surface area contributed by atoms with Gasteiger partial charge in [0.25, 0.3) is 17.4 Å². The molecule has 2 aromatic heterocycles. The van der Waals surface area contributed by atoms with Crippen LogP contribution in [-0.2, 0) is 11.3 Å². The summed E-state index contributed by atoms with van der Waals surface area (Å²) >= 11 is 1.21. The van der Waals surface area contributed by atoms with Gasteiger partial charge < -0.3 is 0 Å². The SMILES string of the molecule is O=C(Cn1c(=O)cnc2ccccc21)NNC(=O)c1ccc(-c2ccc(F)cc2)s1. The molecule has 7 nitrogen and oxygen atoms in total. The van der Waals surface area contributed by atoms with Crippen LogP contribution >= 0.6 is 11.3 Å². The van der Waals surface area contributed by atoms with Gasteiger partial charge >= 0.3 is 0 Å². The molecule has 4 aromatic rings. The molecular formula is C21H15FN4O3S. The zero-order valence-electron chi connectivity index (χ0n) is 15.5. The Balaban J connectivity index is 1.41.